The number of ether oxygens (including phenoxy) is 1. The minimum atomic E-state index is -0.545. The number of carbonyl (C=O) groups excluding carboxylic acids is 2. The molecule has 0 aliphatic heterocycles. The maximum Gasteiger partial charge on any atom is 0.310 e. The number of hydrogen-bond acceptors (Lipinski definition) is 3. The number of hydrogen-bond donors (Lipinski definition) is 1. The Kier molecular flexibility index (Phi) is 5.71. The quantitative estimate of drug-likeness (QED) is 0.851. The Balaban J connectivity index is 1.83. The van der Waals surface area contributed by atoms with Gasteiger partial charge in [-0.2, -0.15) is 0 Å². The summed E-state index contributed by atoms with van der Waals surface area (Å²) < 4.78 is 17.8. The van der Waals surface area contributed by atoms with Crippen LogP contribution in [0.3, 0.4) is 0 Å². The third-order valence-corrected chi connectivity index (χ3v) is 3.31. The average molecular weight is 336 g/mol. The molecule has 23 heavy (non-hydrogen) atoms. The Bertz CT molecular complexity index is 734. The van der Waals surface area contributed by atoms with Gasteiger partial charge in [0.1, 0.15) is 5.82 Å². The average Bonchev–Trinajstić information content (AvgIpc) is 2.48. The first kappa shape index (κ1) is 17.0. The van der Waals surface area contributed by atoms with Crippen LogP contribution >= 0.6 is 11.6 Å². The zero-order valence-corrected chi connectivity index (χ0v) is 13.2. The second kappa shape index (κ2) is 7.74. The van der Waals surface area contributed by atoms with Crippen LogP contribution in [-0.2, 0) is 20.7 Å². The fourth-order valence-electron chi connectivity index (χ4n) is 1.96. The summed E-state index contributed by atoms with van der Waals surface area (Å²) in [6.07, 6.45) is 0.0895. The highest BCUT2D eigenvalue weighted by atomic mass is 35.5. The molecule has 120 valence electrons. The molecule has 1 N–H and O–H groups in total. The highest BCUT2D eigenvalue weighted by Gasteiger charge is 2.11. The van der Waals surface area contributed by atoms with E-state index in [0.717, 1.165) is 17.2 Å². The Labute approximate surface area is 138 Å². The smallest absolute Gasteiger partial charge is 0.310 e. The van der Waals surface area contributed by atoms with Crippen molar-refractivity contribution in [1.29, 1.82) is 0 Å². The lowest BCUT2D eigenvalue weighted by molar-refractivity contribution is -0.146. The molecule has 0 heterocycles. The van der Waals surface area contributed by atoms with Gasteiger partial charge in [-0.15, -0.1) is 0 Å². The van der Waals surface area contributed by atoms with E-state index in [1.807, 2.05) is 31.2 Å². The molecule has 0 saturated carbocycles. The molecule has 0 bridgehead atoms. The van der Waals surface area contributed by atoms with Crippen LogP contribution in [0.4, 0.5) is 10.1 Å². The van der Waals surface area contributed by atoms with E-state index in [1.54, 1.807) is 0 Å². The molecule has 0 unspecified atom stereocenters. The number of nitrogens with one attached hydrogen (secondary N) is 1. The third kappa shape index (κ3) is 5.38. The van der Waals surface area contributed by atoms with Gasteiger partial charge in [0.05, 0.1) is 17.1 Å². The molecule has 2 aromatic rings. The van der Waals surface area contributed by atoms with Gasteiger partial charge >= 0.3 is 5.97 Å². The van der Waals surface area contributed by atoms with Crippen LogP contribution < -0.4 is 5.32 Å². The van der Waals surface area contributed by atoms with Crippen molar-refractivity contribution < 1.29 is 18.7 Å². The van der Waals surface area contributed by atoms with Crippen molar-refractivity contribution in [2.75, 3.05) is 11.9 Å². The van der Waals surface area contributed by atoms with E-state index < -0.39 is 24.3 Å². The standard InChI is InChI=1S/C17H15ClFNO3/c1-11-3-2-4-12(7-11)8-17(22)23-10-16(21)20-15-6-5-13(19)9-14(15)18/h2-7,9H,8,10H2,1H3,(H,20,21). The molecule has 0 aliphatic carbocycles. The molecule has 2 rings (SSSR count). The van der Waals surface area contributed by atoms with Crippen molar-refractivity contribution in [3.05, 3.63) is 64.4 Å². The van der Waals surface area contributed by atoms with Crippen molar-refractivity contribution in [3.63, 3.8) is 0 Å². The van der Waals surface area contributed by atoms with Crippen molar-refractivity contribution >= 4 is 29.2 Å². The number of halogens is 2. The maximum atomic E-state index is 12.9. The van der Waals surface area contributed by atoms with Crippen LogP contribution in [0, 0.1) is 12.7 Å². The first-order chi connectivity index (χ1) is 10.9. The monoisotopic (exact) mass is 335 g/mol. The molecule has 0 atom stereocenters. The Morgan fingerprint density at radius 3 is 2.70 bits per heavy atom. The van der Waals surface area contributed by atoms with E-state index in [2.05, 4.69) is 5.32 Å². The molecular weight excluding hydrogens is 321 g/mol. The van der Waals surface area contributed by atoms with Crippen LogP contribution in [0.25, 0.3) is 0 Å². The number of esters is 1. The molecule has 0 spiro atoms. The van der Waals surface area contributed by atoms with E-state index in [0.29, 0.717) is 0 Å². The Morgan fingerprint density at radius 2 is 2.00 bits per heavy atom. The Hall–Kier alpha value is -2.40. The summed E-state index contributed by atoms with van der Waals surface area (Å²) in [5.74, 6) is -1.55. The number of aryl methyl sites for hydroxylation is 1. The van der Waals surface area contributed by atoms with Crippen LogP contribution in [0.2, 0.25) is 5.02 Å². The molecule has 1 amide bonds. The number of carbonyl (C=O) groups is 2. The summed E-state index contributed by atoms with van der Waals surface area (Å²) in [6, 6.07) is 11.1. The zero-order chi connectivity index (χ0) is 16.8. The van der Waals surface area contributed by atoms with Gasteiger partial charge in [-0.05, 0) is 30.7 Å². The number of rotatable bonds is 5. The second-order valence-corrected chi connectivity index (χ2v) is 5.41. The largest absolute Gasteiger partial charge is 0.455 e. The zero-order valence-electron chi connectivity index (χ0n) is 12.4. The number of amides is 1. The SMILES string of the molecule is Cc1cccc(CC(=O)OCC(=O)Nc2ccc(F)cc2Cl)c1. The van der Waals surface area contributed by atoms with Gasteiger partial charge < -0.3 is 10.1 Å². The van der Waals surface area contributed by atoms with Crippen molar-refractivity contribution in [1.82, 2.24) is 0 Å². The second-order valence-electron chi connectivity index (χ2n) is 5.00. The summed E-state index contributed by atoms with van der Waals surface area (Å²) in [6.45, 7) is 1.49. The minimum Gasteiger partial charge on any atom is -0.455 e. The molecule has 0 radical (unpaired) electrons. The van der Waals surface area contributed by atoms with Gasteiger partial charge in [-0.25, -0.2) is 4.39 Å². The van der Waals surface area contributed by atoms with E-state index in [1.165, 1.54) is 12.1 Å². The first-order valence-corrected chi connectivity index (χ1v) is 7.28. The normalized spacial score (nSPS) is 10.2. The summed E-state index contributed by atoms with van der Waals surface area (Å²) in [7, 11) is 0. The summed E-state index contributed by atoms with van der Waals surface area (Å²) >= 11 is 5.80. The summed E-state index contributed by atoms with van der Waals surface area (Å²) in [5, 5.41) is 2.52. The molecule has 0 fully saturated rings. The van der Waals surface area contributed by atoms with Gasteiger partial charge in [0.25, 0.3) is 5.91 Å². The van der Waals surface area contributed by atoms with Gasteiger partial charge in [0.2, 0.25) is 0 Å². The predicted molar refractivity (Wildman–Crippen MR) is 85.9 cm³/mol. The summed E-state index contributed by atoms with van der Waals surface area (Å²) in [4.78, 5) is 23.4. The van der Waals surface area contributed by atoms with Crippen molar-refractivity contribution in [3.8, 4) is 0 Å². The summed E-state index contributed by atoms with van der Waals surface area (Å²) in [5.41, 5.74) is 2.11. The Morgan fingerprint density at radius 1 is 1.22 bits per heavy atom. The topological polar surface area (TPSA) is 55.4 Å². The van der Waals surface area contributed by atoms with Crippen LogP contribution in [-0.4, -0.2) is 18.5 Å². The van der Waals surface area contributed by atoms with Crippen LogP contribution in [0.15, 0.2) is 42.5 Å². The fraction of sp³-hybridized carbons (Fsp3) is 0.176. The highest BCUT2D eigenvalue weighted by molar-refractivity contribution is 6.33. The lowest BCUT2D eigenvalue weighted by Crippen LogP contribution is -2.21. The number of benzene rings is 2. The maximum absolute atomic E-state index is 12.9. The highest BCUT2D eigenvalue weighted by Crippen LogP contribution is 2.22. The fourth-order valence-corrected chi connectivity index (χ4v) is 2.18. The third-order valence-electron chi connectivity index (χ3n) is 3.00. The van der Waals surface area contributed by atoms with Gasteiger partial charge in [0.15, 0.2) is 6.61 Å². The van der Waals surface area contributed by atoms with Crippen LogP contribution in [0.5, 0.6) is 0 Å². The molecule has 0 aromatic heterocycles. The minimum absolute atomic E-state index is 0.0736. The molecule has 4 nitrogen and oxygen atoms in total. The first-order valence-electron chi connectivity index (χ1n) is 6.90. The number of anilines is 1. The molecular formula is C17H15ClFNO3. The lowest BCUT2D eigenvalue weighted by atomic mass is 10.1. The van der Waals surface area contributed by atoms with E-state index in [4.69, 9.17) is 16.3 Å². The van der Waals surface area contributed by atoms with Crippen LogP contribution in [0.1, 0.15) is 11.1 Å². The molecule has 0 aliphatic rings. The molecule has 2 aromatic carbocycles. The molecule has 6 heteroatoms. The lowest BCUT2D eigenvalue weighted by Gasteiger charge is -2.08. The van der Waals surface area contributed by atoms with E-state index in [-0.39, 0.29) is 17.1 Å². The molecule has 0 saturated heterocycles. The van der Waals surface area contributed by atoms with Gasteiger partial charge in [-0.1, -0.05) is 41.4 Å². The van der Waals surface area contributed by atoms with E-state index in [9.17, 15) is 14.0 Å². The van der Waals surface area contributed by atoms with Gasteiger partial charge in [0, 0.05) is 0 Å². The van der Waals surface area contributed by atoms with Gasteiger partial charge in [-0.3, -0.25) is 9.59 Å². The predicted octanol–water partition coefficient (Wildman–Crippen LogP) is 3.51. The van der Waals surface area contributed by atoms with E-state index >= 15 is 0 Å². The van der Waals surface area contributed by atoms with Crippen molar-refractivity contribution in [2.24, 2.45) is 0 Å². The van der Waals surface area contributed by atoms with Crippen molar-refractivity contribution in [2.45, 2.75) is 13.3 Å².